The predicted octanol–water partition coefficient (Wildman–Crippen LogP) is 2.62. The van der Waals surface area contributed by atoms with Crippen LogP contribution in [0.25, 0.3) is 0 Å². The van der Waals surface area contributed by atoms with Crippen molar-refractivity contribution in [2.24, 2.45) is 5.92 Å². The number of nitrogens with one attached hydrogen (secondary N) is 2. The molecule has 2 N–H and O–H groups in total. The fourth-order valence-electron chi connectivity index (χ4n) is 3.06. The maximum atomic E-state index is 11.8. The largest absolute Gasteiger partial charge is 0.378 e. The molecule has 0 saturated carbocycles. The lowest BCUT2D eigenvalue weighted by Crippen LogP contribution is -2.38. The molecule has 0 unspecified atom stereocenters. The van der Waals surface area contributed by atoms with Gasteiger partial charge in [0.25, 0.3) is 5.91 Å². The first kappa shape index (κ1) is 20.0. The summed E-state index contributed by atoms with van der Waals surface area (Å²) >= 11 is 0. The number of amides is 1. The van der Waals surface area contributed by atoms with Crippen LogP contribution in [0, 0.1) is 5.92 Å². The Morgan fingerprint density at radius 1 is 1.29 bits per heavy atom. The number of piperidine rings is 1. The van der Waals surface area contributed by atoms with Crippen LogP contribution in [0.15, 0.2) is 30.6 Å². The quantitative estimate of drug-likeness (QED) is 0.758. The lowest BCUT2D eigenvalue weighted by Gasteiger charge is -2.32. The molecule has 1 aliphatic heterocycles. The number of carbonyl (C=O) groups is 1. The highest BCUT2D eigenvalue weighted by atomic mass is 16.5. The second-order valence-corrected chi connectivity index (χ2v) is 7.31. The van der Waals surface area contributed by atoms with E-state index >= 15 is 0 Å². The number of hydrogen-bond donors (Lipinski definition) is 2. The van der Waals surface area contributed by atoms with Crippen molar-refractivity contribution in [3.05, 3.63) is 36.2 Å². The normalized spacial score (nSPS) is 14.9. The summed E-state index contributed by atoms with van der Waals surface area (Å²) in [6.07, 6.45) is 3.75. The van der Waals surface area contributed by atoms with Crippen LogP contribution in [0.2, 0.25) is 0 Å². The van der Waals surface area contributed by atoms with E-state index in [1.165, 1.54) is 6.33 Å². The van der Waals surface area contributed by atoms with Gasteiger partial charge < -0.3 is 20.3 Å². The number of rotatable bonds is 7. The highest BCUT2D eigenvalue weighted by Crippen LogP contribution is 2.20. The first-order valence-electron chi connectivity index (χ1n) is 9.70. The average molecular weight is 384 g/mol. The number of nitrogens with zero attached hydrogens (tertiary/aromatic N) is 4. The third-order valence-corrected chi connectivity index (χ3v) is 4.56. The first-order chi connectivity index (χ1) is 13.5. The van der Waals surface area contributed by atoms with Gasteiger partial charge in [-0.15, -0.1) is 0 Å². The molecule has 0 spiro atoms. The van der Waals surface area contributed by atoms with Crippen LogP contribution in [-0.4, -0.2) is 53.7 Å². The van der Waals surface area contributed by atoms with Crippen molar-refractivity contribution in [3.8, 4) is 0 Å². The third kappa shape index (κ3) is 5.39. The molecular formula is C20H28N6O2. The smallest absolute Gasteiger partial charge is 0.251 e. The molecule has 1 fully saturated rings. The van der Waals surface area contributed by atoms with Gasteiger partial charge in [0.05, 0.1) is 6.10 Å². The predicted molar refractivity (Wildman–Crippen MR) is 109 cm³/mol. The van der Waals surface area contributed by atoms with E-state index in [1.807, 2.05) is 12.1 Å². The molecule has 0 radical (unpaired) electrons. The van der Waals surface area contributed by atoms with Crippen LogP contribution < -0.4 is 15.5 Å². The molecule has 1 saturated heterocycles. The Morgan fingerprint density at radius 3 is 2.79 bits per heavy atom. The summed E-state index contributed by atoms with van der Waals surface area (Å²) in [4.78, 5) is 27.0. The monoisotopic (exact) mass is 384 g/mol. The molecule has 28 heavy (non-hydrogen) atoms. The molecule has 8 heteroatoms. The van der Waals surface area contributed by atoms with Crippen LogP contribution in [-0.2, 0) is 4.74 Å². The molecule has 0 atom stereocenters. The van der Waals surface area contributed by atoms with Gasteiger partial charge in [0.1, 0.15) is 6.33 Å². The zero-order valence-corrected chi connectivity index (χ0v) is 16.7. The van der Waals surface area contributed by atoms with Crippen molar-refractivity contribution in [1.82, 2.24) is 20.3 Å². The Bertz CT molecular complexity index is 790. The number of anilines is 3. The summed E-state index contributed by atoms with van der Waals surface area (Å²) in [7, 11) is 1.61. The Hall–Kier alpha value is -2.74. The molecule has 1 aromatic carbocycles. The standard InChI is InChI=1S/C20H28N6O2/c1-14(2)12-28-17-7-9-26(10-8-17)20-23-13-22-19(25-20)24-16-6-4-5-15(11-16)18(27)21-3/h4-6,11,13-14,17H,7-10,12H2,1-3H3,(H,21,27)(H,22,23,24,25). The van der Waals surface area contributed by atoms with Crippen LogP contribution in [0.4, 0.5) is 17.6 Å². The molecule has 8 nitrogen and oxygen atoms in total. The Kier molecular flexibility index (Phi) is 6.76. The van der Waals surface area contributed by atoms with E-state index in [0.717, 1.165) is 38.2 Å². The molecule has 0 bridgehead atoms. The van der Waals surface area contributed by atoms with E-state index in [9.17, 15) is 4.79 Å². The average Bonchev–Trinajstić information content (AvgIpc) is 2.72. The van der Waals surface area contributed by atoms with E-state index in [2.05, 4.69) is 44.3 Å². The van der Waals surface area contributed by atoms with Gasteiger partial charge in [-0.05, 0) is 37.0 Å². The third-order valence-electron chi connectivity index (χ3n) is 4.56. The Balaban J connectivity index is 1.61. The minimum atomic E-state index is -0.137. The zero-order valence-electron chi connectivity index (χ0n) is 16.7. The number of carbonyl (C=O) groups excluding carboxylic acids is 1. The van der Waals surface area contributed by atoms with Crippen molar-refractivity contribution < 1.29 is 9.53 Å². The van der Waals surface area contributed by atoms with Gasteiger partial charge in [-0.2, -0.15) is 4.98 Å². The molecule has 0 aliphatic carbocycles. The van der Waals surface area contributed by atoms with Crippen molar-refractivity contribution >= 4 is 23.5 Å². The second-order valence-electron chi connectivity index (χ2n) is 7.31. The zero-order chi connectivity index (χ0) is 19.9. The van der Waals surface area contributed by atoms with Crippen LogP contribution in [0.3, 0.4) is 0 Å². The van der Waals surface area contributed by atoms with Crippen molar-refractivity contribution in [2.75, 3.05) is 37.0 Å². The molecule has 1 aromatic heterocycles. The summed E-state index contributed by atoms with van der Waals surface area (Å²) in [6.45, 7) is 6.86. The highest BCUT2D eigenvalue weighted by molar-refractivity contribution is 5.95. The van der Waals surface area contributed by atoms with Crippen molar-refractivity contribution in [2.45, 2.75) is 32.8 Å². The van der Waals surface area contributed by atoms with E-state index in [-0.39, 0.29) is 5.91 Å². The first-order valence-corrected chi connectivity index (χ1v) is 9.70. The SMILES string of the molecule is CNC(=O)c1cccc(Nc2ncnc(N3CCC(OCC(C)C)CC3)n2)c1. The van der Waals surface area contributed by atoms with E-state index in [4.69, 9.17) is 4.74 Å². The molecular weight excluding hydrogens is 356 g/mol. The van der Waals surface area contributed by atoms with Gasteiger partial charge in [-0.1, -0.05) is 19.9 Å². The van der Waals surface area contributed by atoms with E-state index in [1.54, 1.807) is 19.2 Å². The summed E-state index contributed by atoms with van der Waals surface area (Å²) in [5.74, 6) is 1.53. The van der Waals surface area contributed by atoms with Gasteiger partial charge in [0.15, 0.2) is 0 Å². The fraction of sp³-hybridized carbons (Fsp3) is 0.500. The number of aromatic nitrogens is 3. The van der Waals surface area contributed by atoms with E-state index in [0.29, 0.717) is 29.5 Å². The summed E-state index contributed by atoms with van der Waals surface area (Å²) in [5, 5.41) is 5.77. The number of benzene rings is 1. The van der Waals surface area contributed by atoms with Crippen molar-refractivity contribution in [1.29, 1.82) is 0 Å². The maximum absolute atomic E-state index is 11.8. The lowest BCUT2D eigenvalue weighted by atomic mass is 10.1. The Morgan fingerprint density at radius 2 is 2.07 bits per heavy atom. The molecule has 150 valence electrons. The second kappa shape index (κ2) is 9.45. The topological polar surface area (TPSA) is 92.3 Å². The number of ether oxygens (including phenoxy) is 1. The summed E-state index contributed by atoms with van der Waals surface area (Å²) in [5.41, 5.74) is 1.32. The minimum absolute atomic E-state index is 0.137. The lowest BCUT2D eigenvalue weighted by molar-refractivity contribution is 0.0213. The molecule has 1 amide bonds. The molecule has 3 rings (SSSR count). The van der Waals surface area contributed by atoms with Gasteiger partial charge in [0.2, 0.25) is 11.9 Å². The molecule has 2 aromatic rings. The Labute approximate surface area is 165 Å². The summed E-state index contributed by atoms with van der Waals surface area (Å²) < 4.78 is 5.95. The number of hydrogen-bond acceptors (Lipinski definition) is 7. The van der Waals surface area contributed by atoms with Gasteiger partial charge in [-0.25, -0.2) is 9.97 Å². The van der Waals surface area contributed by atoms with Crippen LogP contribution in [0.5, 0.6) is 0 Å². The molecule has 2 heterocycles. The minimum Gasteiger partial charge on any atom is -0.378 e. The van der Waals surface area contributed by atoms with E-state index < -0.39 is 0 Å². The van der Waals surface area contributed by atoms with Gasteiger partial charge >= 0.3 is 0 Å². The van der Waals surface area contributed by atoms with Gasteiger partial charge in [-0.3, -0.25) is 4.79 Å². The van der Waals surface area contributed by atoms with Gasteiger partial charge in [0, 0.05) is 38.0 Å². The highest BCUT2D eigenvalue weighted by Gasteiger charge is 2.22. The van der Waals surface area contributed by atoms with Crippen molar-refractivity contribution in [3.63, 3.8) is 0 Å². The molecule has 1 aliphatic rings. The van der Waals surface area contributed by atoms with Crippen LogP contribution in [0.1, 0.15) is 37.0 Å². The maximum Gasteiger partial charge on any atom is 0.251 e. The van der Waals surface area contributed by atoms with Crippen LogP contribution >= 0.6 is 0 Å². The fourth-order valence-corrected chi connectivity index (χ4v) is 3.06. The summed E-state index contributed by atoms with van der Waals surface area (Å²) in [6, 6.07) is 7.21.